The minimum Gasteiger partial charge on any atom is -0.294 e. The first-order valence-electron chi connectivity index (χ1n) is 20.1. The average molecular weight is 744 g/mol. The van der Waals surface area contributed by atoms with Crippen molar-refractivity contribution in [3.63, 3.8) is 0 Å². The van der Waals surface area contributed by atoms with Gasteiger partial charge in [0, 0.05) is 21.5 Å². The van der Waals surface area contributed by atoms with Crippen LogP contribution in [0.25, 0.3) is 99.8 Å². The maximum atomic E-state index is 5.51. The number of aromatic nitrogens is 3. The smallest absolute Gasteiger partial charge is 0.140 e. The number of fused-ring (bicyclic) bond motifs is 6. The molecule has 0 bridgehead atoms. The Morgan fingerprint density at radius 1 is 0.259 bits per heavy atom. The maximum absolute atomic E-state index is 5.51. The molecule has 0 N–H and O–H groups in total. The minimum atomic E-state index is 0.874. The fraction of sp³-hybridized carbons (Fsp3) is 0.0364. The van der Waals surface area contributed by atoms with Gasteiger partial charge in [-0.25, -0.2) is 4.98 Å². The zero-order valence-corrected chi connectivity index (χ0v) is 32.5. The second-order valence-electron chi connectivity index (χ2n) is 14.4. The predicted octanol–water partition coefficient (Wildman–Crippen LogP) is 15.0. The van der Waals surface area contributed by atoms with Gasteiger partial charge >= 0.3 is 0 Å². The third-order valence-corrected chi connectivity index (χ3v) is 11.1. The average Bonchev–Trinajstić information content (AvgIpc) is 3.82. The monoisotopic (exact) mass is 743 g/mol. The van der Waals surface area contributed by atoms with Crippen molar-refractivity contribution in [1.82, 2.24) is 14.1 Å². The highest BCUT2D eigenvalue weighted by Gasteiger charge is 2.19. The highest BCUT2D eigenvalue weighted by Crippen LogP contribution is 2.39. The molecule has 0 atom stereocenters. The van der Waals surface area contributed by atoms with E-state index in [0.717, 1.165) is 33.7 Å². The van der Waals surface area contributed by atoms with Gasteiger partial charge in [0.1, 0.15) is 11.6 Å². The van der Waals surface area contributed by atoms with Crippen molar-refractivity contribution in [2.75, 3.05) is 0 Å². The Balaban J connectivity index is 0.00000201. The Kier molecular flexibility index (Phi) is 8.96. The summed E-state index contributed by atoms with van der Waals surface area (Å²) in [5.74, 6) is 1.75. The largest absolute Gasteiger partial charge is 0.294 e. The molecule has 3 aromatic heterocycles. The molecule has 11 rings (SSSR count). The zero-order chi connectivity index (χ0) is 39.0. The SMILES string of the molecule is CC.c1ccc(-c2ccc3c(c2)c2cc(-c4ccccc4)ccc2n3-c2cccc(-n3c4ccc(-c5ccccc5)cc4c4cc(-c5ccccc5)ccc43)n2)cc1. The van der Waals surface area contributed by atoms with Gasteiger partial charge in [0.25, 0.3) is 0 Å². The molecule has 0 aliphatic heterocycles. The first-order chi connectivity index (χ1) is 28.8. The first kappa shape index (κ1) is 35.0. The molecule has 0 saturated heterocycles. The summed E-state index contributed by atoms with van der Waals surface area (Å²) in [6, 6.07) is 76.2. The van der Waals surface area contributed by atoms with Crippen molar-refractivity contribution < 1.29 is 0 Å². The maximum Gasteiger partial charge on any atom is 0.140 e. The van der Waals surface area contributed by atoms with Crippen LogP contribution in [0, 0.1) is 0 Å². The molecule has 0 aliphatic rings. The minimum absolute atomic E-state index is 0.874. The lowest BCUT2D eigenvalue weighted by molar-refractivity contribution is 1.01. The fourth-order valence-electron chi connectivity index (χ4n) is 8.44. The standard InChI is InChI=1S/C53H35N3.C2H6/c1-5-14-36(15-6-1)40-24-28-48-44(32-40)45-33-41(37-16-7-2-8-17-37)25-29-49(45)55(48)52-22-13-23-53(54-52)56-50-30-26-42(38-18-9-3-10-19-38)34-46(50)47-35-43(27-31-51(47)56)39-20-11-4-12-21-39;1-2/h1-35H;1-2H3. The van der Waals surface area contributed by atoms with Crippen LogP contribution in [-0.2, 0) is 0 Å². The molecule has 0 fully saturated rings. The summed E-state index contributed by atoms with van der Waals surface area (Å²) in [5.41, 5.74) is 14.1. The van der Waals surface area contributed by atoms with Crippen LogP contribution in [0.5, 0.6) is 0 Å². The lowest BCUT2D eigenvalue weighted by atomic mass is 10.0. The summed E-state index contributed by atoms with van der Waals surface area (Å²) in [6.45, 7) is 4.00. The molecule has 0 saturated carbocycles. The second kappa shape index (κ2) is 14.9. The molecule has 0 spiro atoms. The van der Waals surface area contributed by atoms with Crippen LogP contribution in [0.3, 0.4) is 0 Å². The van der Waals surface area contributed by atoms with E-state index < -0.39 is 0 Å². The van der Waals surface area contributed by atoms with Gasteiger partial charge in [-0.15, -0.1) is 0 Å². The van der Waals surface area contributed by atoms with Crippen LogP contribution in [0.2, 0.25) is 0 Å². The van der Waals surface area contributed by atoms with E-state index in [0.29, 0.717) is 0 Å². The van der Waals surface area contributed by atoms with E-state index >= 15 is 0 Å². The molecule has 3 heteroatoms. The number of rotatable bonds is 6. The Morgan fingerprint density at radius 3 is 0.776 bits per heavy atom. The van der Waals surface area contributed by atoms with Gasteiger partial charge in [-0.3, -0.25) is 9.13 Å². The van der Waals surface area contributed by atoms with Gasteiger partial charge < -0.3 is 0 Å². The third kappa shape index (κ3) is 6.05. The Labute approximate surface area is 338 Å². The second-order valence-corrected chi connectivity index (χ2v) is 14.4. The van der Waals surface area contributed by atoms with Crippen LogP contribution >= 0.6 is 0 Å². The van der Waals surface area contributed by atoms with Crippen LogP contribution in [0.4, 0.5) is 0 Å². The molecular weight excluding hydrogens is 703 g/mol. The quantitative estimate of drug-likeness (QED) is 0.166. The van der Waals surface area contributed by atoms with Gasteiger partial charge in [0.05, 0.1) is 22.1 Å². The van der Waals surface area contributed by atoms with Crippen LogP contribution < -0.4 is 0 Å². The van der Waals surface area contributed by atoms with Gasteiger partial charge in [-0.05, 0) is 105 Å². The van der Waals surface area contributed by atoms with Crippen LogP contribution in [-0.4, -0.2) is 14.1 Å². The number of hydrogen-bond acceptors (Lipinski definition) is 1. The van der Waals surface area contributed by atoms with Crippen molar-refractivity contribution in [1.29, 1.82) is 0 Å². The van der Waals surface area contributed by atoms with E-state index in [-0.39, 0.29) is 0 Å². The lowest BCUT2D eigenvalue weighted by Gasteiger charge is -2.12. The number of hydrogen-bond donors (Lipinski definition) is 0. The molecule has 11 aromatic rings. The summed E-state index contributed by atoms with van der Waals surface area (Å²) in [4.78, 5) is 5.51. The third-order valence-electron chi connectivity index (χ3n) is 11.1. The molecule has 3 heterocycles. The molecule has 0 aliphatic carbocycles. The normalized spacial score (nSPS) is 11.3. The fourth-order valence-corrected chi connectivity index (χ4v) is 8.44. The van der Waals surface area contributed by atoms with Crippen molar-refractivity contribution in [2.45, 2.75) is 13.8 Å². The molecule has 0 radical (unpaired) electrons. The van der Waals surface area contributed by atoms with Crippen molar-refractivity contribution in [3.05, 3.63) is 212 Å². The van der Waals surface area contributed by atoms with Crippen molar-refractivity contribution in [2.24, 2.45) is 0 Å². The summed E-state index contributed by atoms with van der Waals surface area (Å²) in [6.07, 6.45) is 0. The number of nitrogens with zero attached hydrogens (tertiary/aromatic N) is 3. The lowest BCUT2D eigenvalue weighted by Crippen LogP contribution is -2.03. The first-order valence-corrected chi connectivity index (χ1v) is 20.1. The number of pyridine rings is 1. The van der Waals surface area contributed by atoms with E-state index in [1.54, 1.807) is 0 Å². The van der Waals surface area contributed by atoms with Crippen LogP contribution in [0.15, 0.2) is 212 Å². The summed E-state index contributed by atoms with van der Waals surface area (Å²) in [7, 11) is 0. The van der Waals surface area contributed by atoms with E-state index in [4.69, 9.17) is 4.98 Å². The molecule has 0 amide bonds. The van der Waals surface area contributed by atoms with Crippen LogP contribution in [0.1, 0.15) is 13.8 Å². The molecular formula is C55H41N3. The van der Waals surface area contributed by atoms with E-state index in [1.165, 1.54) is 66.1 Å². The van der Waals surface area contributed by atoms with Gasteiger partial charge in [0.15, 0.2) is 0 Å². The van der Waals surface area contributed by atoms with E-state index in [9.17, 15) is 0 Å². The Hall–Kier alpha value is -7.49. The predicted molar refractivity (Wildman–Crippen MR) is 246 cm³/mol. The number of benzene rings is 8. The Bertz CT molecular complexity index is 2800. The summed E-state index contributed by atoms with van der Waals surface area (Å²) < 4.78 is 4.65. The van der Waals surface area contributed by atoms with Crippen molar-refractivity contribution in [3.8, 4) is 56.1 Å². The Morgan fingerprint density at radius 2 is 0.517 bits per heavy atom. The highest BCUT2D eigenvalue weighted by atomic mass is 15.1. The molecule has 0 unspecified atom stereocenters. The molecule has 276 valence electrons. The van der Waals surface area contributed by atoms with Gasteiger partial charge in [-0.2, -0.15) is 0 Å². The summed E-state index contributed by atoms with van der Waals surface area (Å²) in [5, 5.41) is 4.80. The zero-order valence-electron chi connectivity index (χ0n) is 32.5. The molecule has 58 heavy (non-hydrogen) atoms. The van der Waals surface area contributed by atoms with Gasteiger partial charge in [-0.1, -0.05) is 166 Å². The van der Waals surface area contributed by atoms with E-state index in [2.05, 4.69) is 221 Å². The molecule has 3 nitrogen and oxygen atoms in total. The summed E-state index contributed by atoms with van der Waals surface area (Å²) >= 11 is 0. The topological polar surface area (TPSA) is 22.8 Å². The van der Waals surface area contributed by atoms with Crippen molar-refractivity contribution >= 4 is 43.6 Å². The molecule has 8 aromatic carbocycles. The van der Waals surface area contributed by atoms with E-state index in [1.807, 2.05) is 13.8 Å². The highest BCUT2D eigenvalue weighted by molar-refractivity contribution is 6.13. The van der Waals surface area contributed by atoms with Gasteiger partial charge in [0.2, 0.25) is 0 Å².